The second kappa shape index (κ2) is 3.64. The average Bonchev–Trinajstić information content (AvgIpc) is 2.03. The second-order valence-corrected chi connectivity index (χ2v) is 2.71. The van der Waals surface area contributed by atoms with Crippen LogP contribution in [0, 0.1) is 0 Å². The van der Waals surface area contributed by atoms with Crippen LogP contribution in [-0.2, 0) is 6.32 Å². The summed E-state index contributed by atoms with van der Waals surface area (Å²) in [5.74, 6) is 0. The van der Waals surface area contributed by atoms with Gasteiger partial charge in [-0.25, -0.2) is 0 Å². The molecular formula is C8H8BF3N-. The highest BCUT2D eigenvalue weighted by Crippen LogP contribution is 2.15. The molecule has 0 radical (unpaired) electrons. The Balaban J connectivity index is 2.75. The topological polar surface area (TPSA) is 12.9 Å². The predicted molar refractivity (Wildman–Crippen MR) is 47.1 cm³/mol. The first-order chi connectivity index (χ1) is 6.01. The Hall–Kier alpha value is -1.26. The van der Waals surface area contributed by atoms with Crippen LogP contribution in [0.5, 0.6) is 0 Å². The van der Waals surface area contributed by atoms with Gasteiger partial charge in [0.25, 0.3) is 0 Å². The molecule has 13 heavy (non-hydrogen) atoms. The van der Waals surface area contributed by atoms with Crippen molar-refractivity contribution in [3.63, 3.8) is 0 Å². The van der Waals surface area contributed by atoms with Gasteiger partial charge >= 0.3 is 6.98 Å². The maximum atomic E-state index is 11.9. The first kappa shape index (κ1) is 9.83. The highest BCUT2D eigenvalue weighted by Gasteiger charge is 2.22. The van der Waals surface area contributed by atoms with E-state index in [9.17, 15) is 12.9 Å². The minimum absolute atomic E-state index is 0.193. The van der Waals surface area contributed by atoms with E-state index in [1.54, 1.807) is 0 Å². The Bertz CT molecular complexity index is 291. The highest BCUT2D eigenvalue weighted by atomic mass is 19.4. The fourth-order valence-electron chi connectivity index (χ4n) is 0.945. The minimum atomic E-state index is -4.76. The average molecular weight is 186 g/mol. The lowest BCUT2D eigenvalue weighted by molar-refractivity contribution is 0.468. The zero-order chi connectivity index (χ0) is 9.90. The summed E-state index contributed by atoms with van der Waals surface area (Å²) in [7, 11) is 0. The molecule has 0 aliphatic heterocycles. The number of hydrogen-bond acceptors (Lipinski definition) is 1. The number of pyridine rings is 1. The molecule has 0 atom stereocenters. The second-order valence-electron chi connectivity index (χ2n) is 2.71. The van der Waals surface area contributed by atoms with Crippen LogP contribution in [0.1, 0.15) is 11.3 Å². The van der Waals surface area contributed by atoms with Crippen molar-refractivity contribution in [2.75, 3.05) is 0 Å². The lowest BCUT2D eigenvalue weighted by Gasteiger charge is -2.12. The molecule has 0 N–H and O–H groups in total. The quantitative estimate of drug-likeness (QED) is 0.661. The van der Waals surface area contributed by atoms with Gasteiger partial charge in [0.2, 0.25) is 0 Å². The van der Waals surface area contributed by atoms with Crippen molar-refractivity contribution < 1.29 is 12.9 Å². The van der Waals surface area contributed by atoms with Crippen molar-refractivity contribution in [3.8, 4) is 0 Å². The first-order valence-electron chi connectivity index (χ1n) is 3.79. The summed E-state index contributed by atoms with van der Waals surface area (Å²) in [6.07, 6.45) is 1.85. The van der Waals surface area contributed by atoms with Crippen molar-refractivity contribution in [2.24, 2.45) is 0 Å². The van der Waals surface area contributed by atoms with Gasteiger partial charge in [-0.05, 0) is 12.1 Å². The molecule has 1 nitrogen and oxygen atoms in total. The normalized spacial score (nSPS) is 11.3. The molecule has 0 unspecified atom stereocenters. The Kier molecular flexibility index (Phi) is 2.75. The van der Waals surface area contributed by atoms with E-state index in [1.807, 2.05) is 0 Å². The summed E-state index contributed by atoms with van der Waals surface area (Å²) in [5, 5.41) is 0. The number of hydrogen-bond donors (Lipinski definition) is 0. The maximum Gasteiger partial charge on any atom is 0.482 e. The lowest BCUT2D eigenvalue weighted by Crippen LogP contribution is -2.19. The van der Waals surface area contributed by atoms with Gasteiger partial charge in [-0.3, -0.25) is 4.98 Å². The molecule has 0 fully saturated rings. The molecule has 0 amide bonds. The van der Waals surface area contributed by atoms with Crippen molar-refractivity contribution in [1.29, 1.82) is 0 Å². The summed E-state index contributed by atoms with van der Waals surface area (Å²) >= 11 is 0. The molecule has 1 rings (SSSR count). The molecular weight excluding hydrogens is 178 g/mol. The summed E-state index contributed by atoms with van der Waals surface area (Å²) in [5.41, 5.74) is 0.775. The standard InChI is InChI=1S/C8H8BF3N/c1-2-8-4-3-7(6-13-8)5-9(10,11)12/h2-4,6H,1,5H2/q-1. The van der Waals surface area contributed by atoms with Crippen molar-refractivity contribution >= 4 is 13.1 Å². The maximum absolute atomic E-state index is 11.9. The molecule has 0 aliphatic carbocycles. The fourth-order valence-corrected chi connectivity index (χ4v) is 0.945. The van der Waals surface area contributed by atoms with Crippen LogP contribution in [0.2, 0.25) is 0 Å². The molecule has 1 aromatic rings. The van der Waals surface area contributed by atoms with E-state index < -0.39 is 13.3 Å². The Labute approximate surface area is 74.4 Å². The highest BCUT2D eigenvalue weighted by molar-refractivity contribution is 6.57. The molecule has 0 aliphatic rings. The van der Waals surface area contributed by atoms with E-state index in [4.69, 9.17) is 0 Å². The fraction of sp³-hybridized carbons (Fsp3) is 0.125. The van der Waals surface area contributed by atoms with Crippen LogP contribution < -0.4 is 0 Å². The van der Waals surface area contributed by atoms with Gasteiger partial charge in [0.1, 0.15) is 0 Å². The summed E-state index contributed by atoms with van der Waals surface area (Å²) in [4.78, 5) is 3.77. The summed E-state index contributed by atoms with van der Waals surface area (Å²) in [6.45, 7) is -1.31. The van der Waals surface area contributed by atoms with Gasteiger partial charge in [0, 0.05) is 6.20 Å². The Morgan fingerprint density at radius 1 is 1.38 bits per heavy atom. The number of rotatable bonds is 3. The third-order valence-corrected chi connectivity index (χ3v) is 1.52. The molecule has 0 spiro atoms. The molecule has 70 valence electrons. The van der Waals surface area contributed by atoms with Crippen molar-refractivity contribution in [3.05, 3.63) is 36.2 Å². The van der Waals surface area contributed by atoms with Crippen molar-refractivity contribution in [1.82, 2.24) is 4.98 Å². The third kappa shape index (κ3) is 3.31. The monoisotopic (exact) mass is 186 g/mol. The minimum Gasteiger partial charge on any atom is -0.449 e. The molecule has 0 saturated heterocycles. The smallest absolute Gasteiger partial charge is 0.449 e. The predicted octanol–water partition coefficient (Wildman–Crippen LogP) is 2.65. The van der Waals surface area contributed by atoms with E-state index in [0.29, 0.717) is 5.69 Å². The molecule has 1 heterocycles. The number of nitrogens with zero attached hydrogens (tertiary/aromatic N) is 1. The number of aromatic nitrogens is 1. The first-order valence-corrected chi connectivity index (χ1v) is 3.79. The SMILES string of the molecule is C=Cc1ccc(C[B-](F)(F)F)cn1. The van der Waals surface area contributed by atoms with Crippen LogP contribution >= 0.6 is 0 Å². The molecule has 1 aromatic heterocycles. The largest absolute Gasteiger partial charge is 0.482 e. The van der Waals surface area contributed by atoms with Crippen LogP contribution in [0.3, 0.4) is 0 Å². The van der Waals surface area contributed by atoms with Crippen LogP contribution in [-0.4, -0.2) is 12.0 Å². The molecule has 0 saturated carbocycles. The van der Waals surface area contributed by atoms with E-state index >= 15 is 0 Å². The third-order valence-electron chi connectivity index (χ3n) is 1.52. The van der Waals surface area contributed by atoms with Crippen LogP contribution in [0.15, 0.2) is 24.9 Å². The molecule has 5 heteroatoms. The zero-order valence-electron chi connectivity index (χ0n) is 6.88. The van der Waals surface area contributed by atoms with E-state index in [2.05, 4.69) is 11.6 Å². The zero-order valence-corrected chi connectivity index (χ0v) is 6.88. The molecule has 0 bridgehead atoms. The van der Waals surface area contributed by atoms with Crippen molar-refractivity contribution in [2.45, 2.75) is 6.32 Å². The van der Waals surface area contributed by atoms with Gasteiger partial charge in [-0.15, -0.1) is 0 Å². The summed E-state index contributed by atoms with van der Waals surface area (Å²) in [6, 6.07) is 2.93. The van der Waals surface area contributed by atoms with E-state index in [-0.39, 0.29) is 5.56 Å². The van der Waals surface area contributed by atoms with Crippen LogP contribution in [0.4, 0.5) is 12.9 Å². The van der Waals surface area contributed by atoms with E-state index in [0.717, 1.165) is 0 Å². The van der Waals surface area contributed by atoms with E-state index in [1.165, 1.54) is 24.4 Å². The molecule has 0 aromatic carbocycles. The Morgan fingerprint density at radius 3 is 2.46 bits per heavy atom. The van der Waals surface area contributed by atoms with Gasteiger partial charge < -0.3 is 12.9 Å². The van der Waals surface area contributed by atoms with Crippen LogP contribution in [0.25, 0.3) is 6.08 Å². The number of halogens is 3. The van der Waals surface area contributed by atoms with Gasteiger partial charge in [0.05, 0.1) is 5.69 Å². The Morgan fingerprint density at radius 2 is 2.08 bits per heavy atom. The summed E-state index contributed by atoms with van der Waals surface area (Å²) < 4.78 is 35.8. The van der Waals surface area contributed by atoms with Gasteiger partial charge in [-0.2, -0.15) is 0 Å². The lowest BCUT2D eigenvalue weighted by atomic mass is 9.82. The van der Waals surface area contributed by atoms with Gasteiger partial charge in [-0.1, -0.05) is 24.5 Å². The van der Waals surface area contributed by atoms with Gasteiger partial charge in [0.15, 0.2) is 0 Å².